The summed E-state index contributed by atoms with van der Waals surface area (Å²) in [5, 5.41) is 0. The Bertz CT molecular complexity index is 626. The lowest BCUT2D eigenvalue weighted by Gasteiger charge is -2.37. The highest BCUT2D eigenvalue weighted by molar-refractivity contribution is 7.86. The second-order valence-electron chi connectivity index (χ2n) is 6.75. The number of benzene rings is 1. The molecule has 0 radical (unpaired) electrons. The quantitative estimate of drug-likeness (QED) is 0.659. The zero-order valence-electron chi connectivity index (χ0n) is 15.3. The van der Waals surface area contributed by atoms with E-state index in [4.69, 9.17) is 4.74 Å². The van der Waals surface area contributed by atoms with Gasteiger partial charge >= 0.3 is 0 Å². The number of hydrogen-bond donors (Lipinski definition) is 0. The number of nitrogens with zero attached hydrogens (tertiary/aromatic N) is 2. The molecule has 1 fully saturated rings. The van der Waals surface area contributed by atoms with Gasteiger partial charge in [0.1, 0.15) is 5.82 Å². The number of morpholine rings is 1. The van der Waals surface area contributed by atoms with Crippen molar-refractivity contribution < 1.29 is 17.5 Å². The number of hydrogen-bond acceptors (Lipinski definition) is 3. The fourth-order valence-electron chi connectivity index (χ4n) is 3.09. The van der Waals surface area contributed by atoms with Crippen LogP contribution in [0.25, 0.3) is 0 Å². The van der Waals surface area contributed by atoms with Crippen LogP contribution in [0.15, 0.2) is 24.3 Å². The number of rotatable bonds is 8. The van der Waals surface area contributed by atoms with E-state index >= 15 is 0 Å². The van der Waals surface area contributed by atoms with Gasteiger partial charge in [-0.15, -0.1) is 0 Å². The zero-order valence-corrected chi connectivity index (χ0v) is 16.1. The van der Waals surface area contributed by atoms with Crippen molar-refractivity contribution in [1.29, 1.82) is 0 Å². The third-order valence-electron chi connectivity index (χ3n) is 4.32. The molecule has 25 heavy (non-hydrogen) atoms. The van der Waals surface area contributed by atoms with E-state index in [0.717, 1.165) is 24.8 Å². The van der Waals surface area contributed by atoms with Gasteiger partial charge in [0.05, 0.1) is 12.2 Å². The normalized spacial score (nSPS) is 22.4. The Morgan fingerprint density at radius 2 is 1.76 bits per heavy atom. The van der Waals surface area contributed by atoms with Crippen LogP contribution in [0.2, 0.25) is 0 Å². The Labute approximate surface area is 150 Å². The standard InChI is InChI=1S/C18H29FN2O3S/c1-4-5-6-11-20(14-17-7-9-18(19)10-8-17)25(22,23)21-12-15(2)24-16(3)13-21/h7-10,15-16H,4-6,11-14H2,1-3H3. The lowest BCUT2D eigenvalue weighted by Crippen LogP contribution is -2.53. The molecule has 2 atom stereocenters. The molecule has 0 saturated carbocycles. The van der Waals surface area contributed by atoms with Crippen LogP contribution >= 0.6 is 0 Å². The highest BCUT2D eigenvalue weighted by Gasteiger charge is 2.35. The van der Waals surface area contributed by atoms with Gasteiger partial charge in [0.25, 0.3) is 10.2 Å². The van der Waals surface area contributed by atoms with Crippen LogP contribution in [0.4, 0.5) is 4.39 Å². The van der Waals surface area contributed by atoms with Crippen LogP contribution in [-0.4, -0.2) is 48.9 Å². The molecule has 7 heteroatoms. The topological polar surface area (TPSA) is 49.9 Å². The van der Waals surface area contributed by atoms with Crippen LogP contribution in [0, 0.1) is 5.82 Å². The SMILES string of the molecule is CCCCCN(Cc1ccc(F)cc1)S(=O)(=O)N1CC(C)OC(C)C1. The van der Waals surface area contributed by atoms with E-state index in [0.29, 0.717) is 19.6 Å². The molecule has 0 aromatic heterocycles. The van der Waals surface area contributed by atoms with E-state index in [-0.39, 0.29) is 24.6 Å². The van der Waals surface area contributed by atoms with Gasteiger partial charge in [-0.25, -0.2) is 4.39 Å². The van der Waals surface area contributed by atoms with Crippen LogP contribution in [0.5, 0.6) is 0 Å². The van der Waals surface area contributed by atoms with Gasteiger partial charge in [-0.1, -0.05) is 31.9 Å². The van der Waals surface area contributed by atoms with Gasteiger partial charge in [0.15, 0.2) is 0 Å². The molecule has 142 valence electrons. The van der Waals surface area contributed by atoms with Crippen molar-refractivity contribution in [3.05, 3.63) is 35.6 Å². The van der Waals surface area contributed by atoms with E-state index < -0.39 is 10.2 Å². The fourth-order valence-corrected chi connectivity index (χ4v) is 4.89. The van der Waals surface area contributed by atoms with E-state index in [2.05, 4.69) is 6.92 Å². The predicted molar refractivity (Wildman–Crippen MR) is 96.8 cm³/mol. The molecule has 1 aliphatic heterocycles. The van der Waals surface area contributed by atoms with E-state index in [1.807, 2.05) is 13.8 Å². The van der Waals surface area contributed by atoms with Crippen LogP contribution in [0.1, 0.15) is 45.6 Å². The van der Waals surface area contributed by atoms with E-state index in [1.54, 1.807) is 12.1 Å². The third kappa shape index (κ3) is 5.74. The van der Waals surface area contributed by atoms with Crippen LogP contribution in [0.3, 0.4) is 0 Å². The minimum Gasteiger partial charge on any atom is -0.373 e. The summed E-state index contributed by atoms with van der Waals surface area (Å²) in [5.41, 5.74) is 0.788. The molecule has 1 heterocycles. The maximum absolute atomic E-state index is 13.2. The fraction of sp³-hybridized carbons (Fsp3) is 0.667. The Kier molecular flexibility index (Phi) is 7.37. The average Bonchev–Trinajstić information content (AvgIpc) is 2.55. The number of halogens is 1. The largest absolute Gasteiger partial charge is 0.373 e. The molecule has 0 bridgehead atoms. The molecule has 2 unspecified atom stereocenters. The van der Waals surface area contributed by atoms with Gasteiger partial charge in [0, 0.05) is 26.2 Å². The summed E-state index contributed by atoms with van der Waals surface area (Å²) in [6, 6.07) is 6.01. The first-order valence-corrected chi connectivity index (χ1v) is 10.4. The Morgan fingerprint density at radius 3 is 2.32 bits per heavy atom. The molecule has 0 spiro atoms. The van der Waals surface area contributed by atoms with Crippen molar-refractivity contribution in [3.8, 4) is 0 Å². The molecule has 0 amide bonds. The molecule has 5 nitrogen and oxygen atoms in total. The smallest absolute Gasteiger partial charge is 0.282 e. The maximum atomic E-state index is 13.2. The lowest BCUT2D eigenvalue weighted by atomic mass is 10.2. The molecule has 1 saturated heterocycles. The molecule has 1 aliphatic rings. The van der Waals surface area contributed by atoms with Crippen LogP contribution < -0.4 is 0 Å². The predicted octanol–water partition coefficient (Wildman–Crippen LogP) is 3.17. The minimum atomic E-state index is -3.59. The van der Waals surface area contributed by atoms with E-state index in [1.165, 1.54) is 20.7 Å². The molecular weight excluding hydrogens is 343 g/mol. The summed E-state index contributed by atoms with van der Waals surface area (Å²) in [6.45, 7) is 7.31. The monoisotopic (exact) mass is 372 g/mol. The second kappa shape index (κ2) is 9.07. The number of unbranched alkanes of at least 4 members (excludes halogenated alkanes) is 2. The minimum absolute atomic E-state index is 0.123. The lowest BCUT2D eigenvalue weighted by molar-refractivity contribution is -0.0455. The Hall–Kier alpha value is -1.02. The first kappa shape index (κ1) is 20.3. The number of ether oxygens (including phenoxy) is 1. The zero-order chi connectivity index (χ0) is 18.4. The van der Waals surface area contributed by atoms with Gasteiger partial charge in [-0.3, -0.25) is 0 Å². The third-order valence-corrected chi connectivity index (χ3v) is 6.24. The van der Waals surface area contributed by atoms with Crippen molar-refractivity contribution in [2.75, 3.05) is 19.6 Å². The highest BCUT2D eigenvalue weighted by atomic mass is 32.2. The van der Waals surface area contributed by atoms with Crippen molar-refractivity contribution in [3.63, 3.8) is 0 Å². The molecular formula is C18H29FN2O3S. The Balaban J connectivity index is 2.18. The van der Waals surface area contributed by atoms with Crippen molar-refractivity contribution in [1.82, 2.24) is 8.61 Å². The summed E-state index contributed by atoms with van der Waals surface area (Å²) in [6.07, 6.45) is 2.57. The van der Waals surface area contributed by atoms with Gasteiger partial charge < -0.3 is 4.74 Å². The van der Waals surface area contributed by atoms with E-state index in [9.17, 15) is 12.8 Å². The summed E-state index contributed by atoms with van der Waals surface area (Å²) >= 11 is 0. The molecule has 0 N–H and O–H groups in total. The first-order chi connectivity index (χ1) is 11.8. The van der Waals surface area contributed by atoms with Crippen LogP contribution in [-0.2, 0) is 21.5 Å². The first-order valence-electron chi connectivity index (χ1n) is 8.98. The molecule has 1 aromatic rings. The summed E-state index contributed by atoms with van der Waals surface area (Å²) < 4.78 is 48.1. The highest BCUT2D eigenvalue weighted by Crippen LogP contribution is 2.20. The van der Waals surface area contributed by atoms with Gasteiger partial charge in [-0.2, -0.15) is 17.0 Å². The summed E-state index contributed by atoms with van der Waals surface area (Å²) in [4.78, 5) is 0. The molecule has 1 aromatic carbocycles. The van der Waals surface area contributed by atoms with Crippen molar-refractivity contribution >= 4 is 10.2 Å². The summed E-state index contributed by atoms with van der Waals surface area (Å²) in [7, 11) is -3.59. The Morgan fingerprint density at radius 1 is 1.16 bits per heavy atom. The average molecular weight is 373 g/mol. The molecule has 2 rings (SSSR count). The maximum Gasteiger partial charge on any atom is 0.282 e. The van der Waals surface area contributed by atoms with Gasteiger partial charge in [0.2, 0.25) is 0 Å². The van der Waals surface area contributed by atoms with Gasteiger partial charge in [-0.05, 0) is 38.0 Å². The van der Waals surface area contributed by atoms with Crippen molar-refractivity contribution in [2.24, 2.45) is 0 Å². The second-order valence-corrected chi connectivity index (χ2v) is 8.68. The molecule has 0 aliphatic carbocycles. The summed E-state index contributed by atoms with van der Waals surface area (Å²) in [5.74, 6) is -0.319. The van der Waals surface area contributed by atoms with Crippen molar-refractivity contribution in [2.45, 2.75) is 58.8 Å².